The normalized spacial score (nSPS) is 34.8. The average Bonchev–Trinajstić information content (AvgIpc) is 2.81. The Morgan fingerprint density at radius 3 is 2.39 bits per heavy atom. The second-order valence-electron chi connectivity index (χ2n) is 7.39. The molecule has 1 atom stereocenters. The van der Waals surface area contributed by atoms with Gasteiger partial charge in [0.25, 0.3) is 0 Å². The van der Waals surface area contributed by atoms with Gasteiger partial charge in [0, 0.05) is 39.3 Å². The van der Waals surface area contributed by atoms with E-state index in [0.29, 0.717) is 5.41 Å². The van der Waals surface area contributed by atoms with Gasteiger partial charge in [-0.05, 0) is 43.2 Å². The fraction of sp³-hybridized carbons (Fsp3) is 1.00. The zero-order valence-electron chi connectivity index (χ0n) is 12.1. The second kappa shape index (κ2) is 5.10. The van der Waals surface area contributed by atoms with Gasteiger partial charge in [0.15, 0.2) is 0 Å². The molecule has 0 bridgehead atoms. The van der Waals surface area contributed by atoms with Crippen LogP contribution < -0.4 is 5.32 Å². The monoisotopic (exact) mass is 251 g/mol. The summed E-state index contributed by atoms with van der Waals surface area (Å²) in [5.41, 5.74) is 0.659. The van der Waals surface area contributed by atoms with E-state index in [4.69, 9.17) is 0 Å². The Hall–Kier alpha value is -0.120. The van der Waals surface area contributed by atoms with E-state index in [0.717, 1.165) is 11.8 Å². The Balaban J connectivity index is 1.48. The molecule has 0 aromatic rings. The molecule has 1 N–H and O–H groups in total. The maximum atomic E-state index is 3.39. The minimum absolute atomic E-state index is 0.659. The summed E-state index contributed by atoms with van der Waals surface area (Å²) < 4.78 is 0. The Labute approximate surface area is 112 Å². The zero-order chi connectivity index (χ0) is 12.6. The fourth-order valence-electron chi connectivity index (χ4n) is 4.06. The van der Waals surface area contributed by atoms with Crippen molar-refractivity contribution < 1.29 is 0 Å². The predicted molar refractivity (Wildman–Crippen MR) is 75.7 cm³/mol. The van der Waals surface area contributed by atoms with Crippen LogP contribution in [-0.4, -0.2) is 62.2 Å². The maximum absolute atomic E-state index is 3.39. The van der Waals surface area contributed by atoms with Crippen LogP contribution in [0.1, 0.15) is 26.7 Å². The third-order valence-electron chi connectivity index (χ3n) is 5.04. The molecule has 0 saturated carbocycles. The van der Waals surface area contributed by atoms with E-state index < -0.39 is 0 Å². The van der Waals surface area contributed by atoms with Crippen molar-refractivity contribution in [2.24, 2.45) is 17.3 Å². The number of rotatable bonds is 4. The van der Waals surface area contributed by atoms with Crippen molar-refractivity contribution in [2.45, 2.75) is 26.7 Å². The van der Waals surface area contributed by atoms with Crippen LogP contribution in [-0.2, 0) is 0 Å². The summed E-state index contributed by atoms with van der Waals surface area (Å²) in [5.74, 6) is 1.76. The Morgan fingerprint density at radius 2 is 1.78 bits per heavy atom. The molecular formula is C15H29N3. The molecule has 3 rings (SSSR count). The molecule has 3 nitrogen and oxygen atoms in total. The van der Waals surface area contributed by atoms with Crippen LogP contribution >= 0.6 is 0 Å². The van der Waals surface area contributed by atoms with Crippen molar-refractivity contribution in [2.75, 3.05) is 52.4 Å². The van der Waals surface area contributed by atoms with Gasteiger partial charge < -0.3 is 15.1 Å². The first-order valence-electron chi connectivity index (χ1n) is 7.81. The number of nitrogens with one attached hydrogen (secondary N) is 1. The Bertz CT molecular complexity index is 287. The summed E-state index contributed by atoms with van der Waals surface area (Å²) in [6.45, 7) is 15.3. The number of likely N-dealkylation sites (tertiary alicyclic amines) is 2. The SMILES string of the molecule is CC(C)CN1CCC2(CCN(CC3CNC3)C2)C1. The molecule has 3 heterocycles. The Morgan fingerprint density at radius 1 is 1.11 bits per heavy atom. The highest BCUT2D eigenvalue weighted by atomic mass is 15.2. The largest absolute Gasteiger partial charge is 0.316 e. The molecule has 3 fully saturated rings. The average molecular weight is 251 g/mol. The van der Waals surface area contributed by atoms with Gasteiger partial charge in [0.05, 0.1) is 0 Å². The fourth-order valence-corrected chi connectivity index (χ4v) is 4.06. The lowest BCUT2D eigenvalue weighted by Gasteiger charge is -2.32. The molecule has 104 valence electrons. The molecule has 3 saturated heterocycles. The predicted octanol–water partition coefficient (Wildman–Crippen LogP) is 1.26. The first-order chi connectivity index (χ1) is 8.65. The number of hydrogen-bond donors (Lipinski definition) is 1. The van der Waals surface area contributed by atoms with E-state index in [-0.39, 0.29) is 0 Å². The molecule has 3 heteroatoms. The van der Waals surface area contributed by atoms with Crippen molar-refractivity contribution in [3.8, 4) is 0 Å². The molecule has 18 heavy (non-hydrogen) atoms. The number of nitrogens with zero attached hydrogens (tertiary/aromatic N) is 2. The molecule has 1 spiro atoms. The van der Waals surface area contributed by atoms with E-state index in [9.17, 15) is 0 Å². The van der Waals surface area contributed by atoms with E-state index in [1.54, 1.807) is 0 Å². The molecule has 3 aliphatic heterocycles. The van der Waals surface area contributed by atoms with Gasteiger partial charge in [-0.2, -0.15) is 0 Å². The summed E-state index contributed by atoms with van der Waals surface area (Å²) in [5, 5.41) is 3.39. The third kappa shape index (κ3) is 2.73. The van der Waals surface area contributed by atoms with Gasteiger partial charge in [0.2, 0.25) is 0 Å². The van der Waals surface area contributed by atoms with Crippen LogP contribution in [0.15, 0.2) is 0 Å². The quantitative estimate of drug-likeness (QED) is 0.811. The van der Waals surface area contributed by atoms with E-state index >= 15 is 0 Å². The van der Waals surface area contributed by atoms with Crippen LogP contribution in [0.4, 0.5) is 0 Å². The smallest absolute Gasteiger partial charge is 0.00513 e. The van der Waals surface area contributed by atoms with Gasteiger partial charge >= 0.3 is 0 Å². The van der Waals surface area contributed by atoms with Crippen molar-refractivity contribution in [1.29, 1.82) is 0 Å². The van der Waals surface area contributed by atoms with Crippen molar-refractivity contribution >= 4 is 0 Å². The first-order valence-corrected chi connectivity index (χ1v) is 7.81. The lowest BCUT2D eigenvalue weighted by molar-refractivity contribution is 0.192. The topological polar surface area (TPSA) is 18.5 Å². The van der Waals surface area contributed by atoms with Gasteiger partial charge in [0.1, 0.15) is 0 Å². The summed E-state index contributed by atoms with van der Waals surface area (Å²) in [7, 11) is 0. The van der Waals surface area contributed by atoms with Crippen molar-refractivity contribution in [3.63, 3.8) is 0 Å². The second-order valence-corrected chi connectivity index (χ2v) is 7.39. The summed E-state index contributed by atoms with van der Waals surface area (Å²) >= 11 is 0. The summed E-state index contributed by atoms with van der Waals surface area (Å²) in [6, 6.07) is 0. The lowest BCUT2D eigenvalue weighted by Crippen LogP contribution is -2.48. The molecule has 0 aliphatic carbocycles. The Kier molecular flexibility index (Phi) is 3.65. The van der Waals surface area contributed by atoms with Crippen LogP contribution in [0.25, 0.3) is 0 Å². The van der Waals surface area contributed by atoms with Crippen LogP contribution in [0.2, 0.25) is 0 Å². The zero-order valence-corrected chi connectivity index (χ0v) is 12.1. The molecule has 0 amide bonds. The van der Waals surface area contributed by atoms with Gasteiger partial charge in [-0.15, -0.1) is 0 Å². The van der Waals surface area contributed by atoms with Crippen molar-refractivity contribution in [3.05, 3.63) is 0 Å². The highest BCUT2D eigenvalue weighted by molar-refractivity contribution is 4.97. The highest BCUT2D eigenvalue weighted by Crippen LogP contribution is 2.39. The van der Waals surface area contributed by atoms with Gasteiger partial charge in [-0.1, -0.05) is 13.8 Å². The highest BCUT2D eigenvalue weighted by Gasteiger charge is 2.43. The number of hydrogen-bond acceptors (Lipinski definition) is 3. The maximum Gasteiger partial charge on any atom is 0.00513 e. The lowest BCUT2D eigenvalue weighted by atomic mass is 9.86. The van der Waals surface area contributed by atoms with E-state index in [1.807, 2.05) is 0 Å². The van der Waals surface area contributed by atoms with Crippen LogP contribution in [0.3, 0.4) is 0 Å². The van der Waals surface area contributed by atoms with Crippen LogP contribution in [0, 0.1) is 17.3 Å². The molecule has 1 unspecified atom stereocenters. The minimum Gasteiger partial charge on any atom is -0.316 e. The molecular weight excluding hydrogens is 222 g/mol. The standard InChI is InChI=1S/C15H29N3/c1-13(2)9-17-5-3-15(11-17)4-6-18(12-15)10-14-7-16-8-14/h13-14,16H,3-12H2,1-2H3. The molecule has 3 aliphatic rings. The summed E-state index contributed by atoms with van der Waals surface area (Å²) in [4.78, 5) is 5.45. The molecule has 0 aromatic heterocycles. The molecule has 0 aromatic carbocycles. The summed E-state index contributed by atoms with van der Waals surface area (Å²) in [6.07, 6.45) is 2.89. The van der Waals surface area contributed by atoms with Crippen molar-refractivity contribution in [1.82, 2.24) is 15.1 Å². The molecule has 0 radical (unpaired) electrons. The van der Waals surface area contributed by atoms with E-state index in [2.05, 4.69) is 29.0 Å². The third-order valence-corrected chi connectivity index (χ3v) is 5.04. The first kappa shape index (κ1) is 12.9. The van der Waals surface area contributed by atoms with Crippen LogP contribution in [0.5, 0.6) is 0 Å². The van der Waals surface area contributed by atoms with Gasteiger partial charge in [-0.3, -0.25) is 0 Å². The van der Waals surface area contributed by atoms with E-state index in [1.165, 1.54) is 65.2 Å². The van der Waals surface area contributed by atoms with Gasteiger partial charge in [-0.25, -0.2) is 0 Å². The minimum atomic E-state index is 0.659.